The van der Waals surface area contributed by atoms with Crippen LogP contribution in [0.15, 0.2) is 29.8 Å². The Hall–Kier alpha value is -2.10. The summed E-state index contributed by atoms with van der Waals surface area (Å²) in [5.74, 6) is 1.11. The molecule has 2 saturated carbocycles. The molecule has 1 heterocycles. The molecule has 0 aliphatic heterocycles. The Balaban J connectivity index is 1.81. The van der Waals surface area contributed by atoms with Gasteiger partial charge in [0.2, 0.25) is 0 Å². The van der Waals surface area contributed by atoms with Gasteiger partial charge in [-0.1, -0.05) is 32.9 Å². The van der Waals surface area contributed by atoms with Crippen molar-refractivity contribution in [2.24, 2.45) is 16.7 Å². The number of Topliss-reactive ketones (excluding diaryl/α,β-unsaturated/α-hetero) is 1. The standard InChI is InChI=1S/C18H19N3O/c1-17(2)12-8-9-18(17,3)16(22)11(12)10-15-19-13-6-4-5-7-14(13)20-21-15/h4-7,10,12H,8-9H2,1-3H3/b11-10-/t12-,18-/m1/s1. The number of carbonyl (C=O) groups excluding carboxylic acids is 1. The van der Waals surface area contributed by atoms with Gasteiger partial charge in [-0.3, -0.25) is 4.79 Å². The van der Waals surface area contributed by atoms with Crippen molar-refractivity contribution in [1.82, 2.24) is 15.2 Å². The number of allylic oxidation sites excluding steroid dienone is 1. The first-order valence-electron chi connectivity index (χ1n) is 7.79. The molecule has 2 fully saturated rings. The molecule has 112 valence electrons. The minimum Gasteiger partial charge on any atom is -0.294 e. The normalized spacial score (nSPS) is 31.3. The Bertz CT molecular complexity index is 824. The van der Waals surface area contributed by atoms with E-state index in [2.05, 4.69) is 36.0 Å². The molecule has 2 aliphatic carbocycles. The Labute approximate surface area is 129 Å². The molecule has 2 atom stereocenters. The van der Waals surface area contributed by atoms with Crippen LogP contribution in [0.4, 0.5) is 0 Å². The SMILES string of the molecule is CC1(C)[C@@H]2CC[C@]1(C)C(=O)/C2=C\c1nnc2ccccc2n1. The number of ketones is 1. The molecule has 2 aromatic rings. The Morgan fingerprint density at radius 1 is 1.14 bits per heavy atom. The molecule has 4 rings (SSSR count). The lowest BCUT2D eigenvalue weighted by Gasteiger charge is -2.31. The Kier molecular flexibility index (Phi) is 2.60. The van der Waals surface area contributed by atoms with Crippen molar-refractivity contribution in [1.29, 1.82) is 0 Å². The zero-order valence-corrected chi connectivity index (χ0v) is 13.1. The topological polar surface area (TPSA) is 55.7 Å². The maximum atomic E-state index is 12.8. The number of hydrogen-bond acceptors (Lipinski definition) is 4. The fraction of sp³-hybridized carbons (Fsp3) is 0.444. The highest BCUT2D eigenvalue weighted by Crippen LogP contribution is 2.65. The number of nitrogens with zero attached hydrogens (tertiary/aromatic N) is 3. The highest BCUT2D eigenvalue weighted by atomic mass is 16.1. The van der Waals surface area contributed by atoms with Crippen LogP contribution < -0.4 is 0 Å². The average molecular weight is 293 g/mol. The number of benzene rings is 1. The molecule has 0 spiro atoms. The summed E-state index contributed by atoms with van der Waals surface area (Å²) in [7, 11) is 0. The smallest absolute Gasteiger partial charge is 0.175 e. The summed E-state index contributed by atoms with van der Waals surface area (Å²) in [5, 5.41) is 8.36. The second kappa shape index (κ2) is 4.22. The highest BCUT2D eigenvalue weighted by molar-refractivity contribution is 6.07. The van der Waals surface area contributed by atoms with E-state index in [0.717, 1.165) is 29.4 Å². The van der Waals surface area contributed by atoms with Gasteiger partial charge in [-0.25, -0.2) is 4.98 Å². The number of para-hydroxylation sites is 1. The molecule has 0 radical (unpaired) electrons. The van der Waals surface area contributed by atoms with E-state index in [1.807, 2.05) is 30.3 Å². The van der Waals surface area contributed by atoms with Gasteiger partial charge in [-0.05, 0) is 42.4 Å². The lowest BCUT2D eigenvalue weighted by molar-refractivity contribution is -0.125. The molecular formula is C18H19N3O. The molecule has 2 bridgehead atoms. The van der Waals surface area contributed by atoms with Crippen molar-refractivity contribution in [3.8, 4) is 0 Å². The average Bonchev–Trinajstić information content (AvgIpc) is 2.81. The molecule has 2 aliphatic rings. The zero-order chi connectivity index (χ0) is 15.5. The summed E-state index contributed by atoms with van der Waals surface area (Å²) >= 11 is 0. The van der Waals surface area contributed by atoms with Gasteiger partial charge in [0.05, 0.1) is 5.52 Å². The van der Waals surface area contributed by atoms with E-state index in [1.165, 1.54) is 0 Å². The number of carbonyl (C=O) groups is 1. The fourth-order valence-electron chi connectivity index (χ4n) is 4.19. The van der Waals surface area contributed by atoms with E-state index in [1.54, 1.807) is 0 Å². The minimum absolute atomic E-state index is 0.0141. The van der Waals surface area contributed by atoms with Crippen LogP contribution in [0.1, 0.15) is 39.4 Å². The van der Waals surface area contributed by atoms with Gasteiger partial charge in [-0.15, -0.1) is 10.2 Å². The number of fused-ring (bicyclic) bond motifs is 3. The Morgan fingerprint density at radius 2 is 1.86 bits per heavy atom. The minimum atomic E-state index is -0.242. The fourth-order valence-corrected chi connectivity index (χ4v) is 4.19. The van der Waals surface area contributed by atoms with E-state index in [9.17, 15) is 4.79 Å². The number of aromatic nitrogens is 3. The van der Waals surface area contributed by atoms with Crippen molar-refractivity contribution < 1.29 is 4.79 Å². The van der Waals surface area contributed by atoms with E-state index in [4.69, 9.17) is 0 Å². The molecule has 1 aromatic carbocycles. The lowest BCUT2D eigenvalue weighted by Crippen LogP contribution is -2.32. The molecule has 0 saturated heterocycles. The highest BCUT2D eigenvalue weighted by Gasteiger charge is 2.63. The van der Waals surface area contributed by atoms with Gasteiger partial charge >= 0.3 is 0 Å². The largest absolute Gasteiger partial charge is 0.294 e. The van der Waals surface area contributed by atoms with Crippen LogP contribution in [-0.2, 0) is 4.79 Å². The van der Waals surface area contributed by atoms with Crippen molar-refractivity contribution in [2.45, 2.75) is 33.6 Å². The van der Waals surface area contributed by atoms with E-state index in [-0.39, 0.29) is 16.6 Å². The predicted octanol–water partition coefficient (Wildman–Crippen LogP) is 3.43. The summed E-state index contributed by atoms with van der Waals surface area (Å²) in [5.41, 5.74) is 2.24. The van der Waals surface area contributed by atoms with Gasteiger partial charge in [0.25, 0.3) is 0 Å². The van der Waals surface area contributed by atoms with Crippen LogP contribution >= 0.6 is 0 Å². The molecule has 0 N–H and O–H groups in total. The van der Waals surface area contributed by atoms with Crippen LogP contribution in [0.2, 0.25) is 0 Å². The van der Waals surface area contributed by atoms with E-state index < -0.39 is 0 Å². The third kappa shape index (κ3) is 1.58. The second-order valence-corrected chi connectivity index (χ2v) is 7.23. The summed E-state index contributed by atoms with van der Waals surface area (Å²) < 4.78 is 0. The van der Waals surface area contributed by atoms with E-state index in [0.29, 0.717) is 11.7 Å². The van der Waals surface area contributed by atoms with Crippen molar-refractivity contribution in [3.05, 3.63) is 35.7 Å². The number of hydrogen-bond donors (Lipinski definition) is 0. The molecule has 4 nitrogen and oxygen atoms in total. The molecule has 0 amide bonds. The van der Waals surface area contributed by atoms with Crippen LogP contribution in [-0.4, -0.2) is 21.0 Å². The van der Waals surface area contributed by atoms with Gasteiger partial charge in [0, 0.05) is 11.0 Å². The summed E-state index contributed by atoms with van der Waals surface area (Å²) in [6.45, 7) is 6.53. The van der Waals surface area contributed by atoms with Crippen LogP contribution in [0.25, 0.3) is 17.1 Å². The molecule has 4 heteroatoms. The Morgan fingerprint density at radius 3 is 2.55 bits per heavy atom. The first-order valence-corrected chi connectivity index (χ1v) is 7.79. The second-order valence-electron chi connectivity index (χ2n) is 7.23. The zero-order valence-electron chi connectivity index (χ0n) is 13.1. The van der Waals surface area contributed by atoms with Crippen LogP contribution in [0.3, 0.4) is 0 Å². The van der Waals surface area contributed by atoms with Gasteiger partial charge in [-0.2, -0.15) is 0 Å². The first-order chi connectivity index (χ1) is 10.4. The number of rotatable bonds is 1. The molecular weight excluding hydrogens is 274 g/mol. The summed E-state index contributed by atoms with van der Waals surface area (Å²) in [6, 6.07) is 7.65. The quantitative estimate of drug-likeness (QED) is 0.756. The lowest BCUT2D eigenvalue weighted by atomic mass is 9.70. The van der Waals surface area contributed by atoms with Crippen molar-refractivity contribution >= 4 is 22.9 Å². The predicted molar refractivity (Wildman–Crippen MR) is 84.9 cm³/mol. The molecule has 1 aromatic heterocycles. The summed E-state index contributed by atoms with van der Waals surface area (Å²) in [6.07, 6.45) is 3.92. The molecule has 22 heavy (non-hydrogen) atoms. The maximum Gasteiger partial charge on any atom is 0.175 e. The summed E-state index contributed by atoms with van der Waals surface area (Å²) in [4.78, 5) is 17.4. The van der Waals surface area contributed by atoms with E-state index >= 15 is 0 Å². The van der Waals surface area contributed by atoms with Gasteiger partial charge < -0.3 is 0 Å². The van der Waals surface area contributed by atoms with Crippen molar-refractivity contribution in [3.63, 3.8) is 0 Å². The monoisotopic (exact) mass is 293 g/mol. The third-order valence-electron chi connectivity index (χ3n) is 6.03. The van der Waals surface area contributed by atoms with Gasteiger partial charge in [0.15, 0.2) is 11.6 Å². The van der Waals surface area contributed by atoms with Gasteiger partial charge in [0.1, 0.15) is 5.52 Å². The maximum absolute atomic E-state index is 12.8. The third-order valence-corrected chi connectivity index (χ3v) is 6.03. The first kappa shape index (κ1) is 13.6. The molecule has 0 unspecified atom stereocenters. The van der Waals surface area contributed by atoms with Crippen LogP contribution in [0.5, 0.6) is 0 Å². The van der Waals surface area contributed by atoms with Crippen LogP contribution in [0, 0.1) is 16.7 Å². The van der Waals surface area contributed by atoms with Crippen molar-refractivity contribution in [2.75, 3.05) is 0 Å².